The second-order valence-electron chi connectivity index (χ2n) is 6.52. The average molecular weight is 370 g/mol. The van der Waals surface area contributed by atoms with Crippen molar-refractivity contribution in [2.75, 3.05) is 0 Å². The Hall–Kier alpha value is -2.68. The van der Waals surface area contributed by atoms with E-state index in [-0.39, 0.29) is 0 Å². The first-order valence-corrected chi connectivity index (χ1v) is 9.72. The summed E-state index contributed by atoms with van der Waals surface area (Å²) in [6.45, 7) is 0. The summed E-state index contributed by atoms with van der Waals surface area (Å²) < 4.78 is 2.62. The highest BCUT2D eigenvalue weighted by atomic mass is 35.5. The Kier molecular flexibility index (Phi) is 2.88. The largest absolute Gasteiger partial charge is 0.235 e. The molecule has 4 aromatic carbocycles. The highest BCUT2D eigenvalue weighted by Gasteiger charge is 2.18. The third-order valence-corrected chi connectivity index (χ3v) is 6.61. The molecule has 0 aliphatic rings. The van der Waals surface area contributed by atoms with Gasteiger partial charge in [0.25, 0.3) is 0 Å². The number of para-hydroxylation sites is 1. The molecule has 0 fully saturated rings. The van der Waals surface area contributed by atoms with Crippen LogP contribution in [0.1, 0.15) is 0 Å². The number of rotatable bonds is 0. The molecule has 0 aliphatic heterocycles. The Morgan fingerprint density at radius 3 is 2.12 bits per heavy atom. The van der Waals surface area contributed by atoms with Gasteiger partial charge in [0.2, 0.25) is 0 Å². The minimum Gasteiger partial charge on any atom is -0.235 e. The van der Waals surface area contributed by atoms with Gasteiger partial charge in [-0.25, -0.2) is 4.98 Å². The van der Waals surface area contributed by atoms with Crippen molar-refractivity contribution in [1.29, 1.82) is 0 Å². The lowest BCUT2D eigenvalue weighted by molar-refractivity contribution is 1.45. The third-order valence-electron chi connectivity index (χ3n) is 5.13. The Balaban J connectivity index is 2.11. The number of hydrogen-bond donors (Lipinski definition) is 0. The molecular formula is C23H12ClNS. The molecule has 1 nitrogen and oxygen atoms in total. The highest BCUT2D eigenvalue weighted by molar-refractivity contribution is 7.27. The van der Waals surface area contributed by atoms with E-state index in [1.807, 2.05) is 23.5 Å². The van der Waals surface area contributed by atoms with Crippen molar-refractivity contribution >= 4 is 75.6 Å². The van der Waals surface area contributed by atoms with Crippen LogP contribution in [0.3, 0.4) is 0 Å². The summed E-state index contributed by atoms with van der Waals surface area (Å²) in [7, 11) is 0. The zero-order valence-corrected chi connectivity index (χ0v) is 15.2. The van der Waals surface area contributed by atoms with E-state index in [1.165, 1.54) is 36.3 Å². The summed E-state index contributed by atoms with van der Waals surface area (Å²) in [5, 5.41) is 9.00. The molecular weight excluding hydrogens is 358 g/mol. The van der Waals surface area contributed by atoms with Gasteiger partial charge in [-0.2, -0.15) is 0 Å². The number of fused-ring (bicyclic) bond motifs is 10. The van der Waals surface area contributed by atoms with Gasteiger partial charge in [0.05, 0.1) is 5.52 Å². The summed E-state index contributed by atoms with van der Waals surface area (Å²) in [5.74, 6) is 0. The molecule has 0 radical (unpaired) electrons. The predicted molar refractivity (Wildman–Crippen MR) is 115 cm³/mol. The van der Waals surface area contributed by atoms with Crippen molar-refractivity contribution < 1.29 is 0 Å². The molecule has 0 aliphatic carbocycles. The molecule has 0 atom stereocenters. The van der Waals surface area contributed by atoms with E-state index >= 15 is 0 Å². The normalized spacial score (nSPS) is 12.0. The van der Waals surface area contributed by atoms with Crippen LogP contribution in [-0.2, 0) is 0 Å². The van der Waals surface area contributed by atoms with Gasteiger partial charge in [-0.3, -0.25) is 0 Å². The van der Waals surface area contributed by atoms with Crippen LogP contribution in [-0.4, -0.2) is 4.98 Å². The molecule has 0 saturated heterocycles. The summed E-state index contributed by atoms with van der Waals surface area (Å²) in [4.78, 5) is 4.69. The fourth-order valence-electron chi connectivity index (χ4n) is 4.07. The Morgan fingerprint density at radius 2 is 1.27 bits per heavy atom. The number of aromatic nitrogens is 1. The van der Waals surface area contributed by atoms with E-state index in [0.29, 0.717) is 5.15 Å². The lowest BCUT2D eigenvalue weighted by Crippen LogP contribution is -1.87. The van der Waals surface area contributed by atoms with Crippen LogP contribution in [0.25, 0.3) is 52.6 Å². The number of thiophene rings is 1. The molecule has 122 valence electrons. The fraction of sp³-hybridized carbons (Fsp3) is 0. The van der Waals surface area contributed by atoms with Crippen molar-refractivity contribution in [2.45, 2.75) is 0 Å². The standard InChI is InChI=1S/C23H12ClNS/c24-23-21-13-7-1-2-8-14(13)22-20(16-10-4-6-12-18(16)26-22)19(21)15-9-3-5-11-17(15)25-23/h1-12H. The Morgan fingerprint density at radius 1 is 0.615 bits per heavy atom. The van der Waals surface area contributed by atoms with Crippen molar-refractivity contribution in [3.8, 4) is 0 Å². The van der Waals surface area contributed by atoms with Gasteiger partial charge in [0.1, 0.15) is 5.15 Å². The van der Waals surface area contributed by atoms with Gasteiger partial charge in [-0.1, -0.05) is 72.3 Å². The van der Waals surface area contributed by atoms with E-state index in [4.69, 9.17) is 16.6 Å². The zero-order valence-electron chi connectivity index (χ0n) is 13.7. The monoisotopic (exact) mass is 369 g/mol. The smallest absolute Gasteiger partial charge is 0.138 e. The van der Waals surface area contributed by atoms with Crippen LogP contribution in [0, 0.1) is 0 Å². The summed E-state index contributed by atoms with van der Waals surface area (Å²) >= 11 is 8.58. The third kappa shape index (κ3) is 1.78. The van der Waals surface area contributed by atoms with E-state index in [9.17, 15) is 0 Å². The molecule has 0 unspecified atom stereocenters. The molecule has 0 saturated carbocycles. The van der Waals surface area contributed by atoms with Gasteiger partial charge in [-0.15, -0.1) is 11.3 Å². The molecule has 2 aromatic heterocycles. The molecule has 0 spiro atoms. The number of nitrogens with zero attached hydrogens (tertiary/aromatic N) is 1. The minimum absolute atomic E-state index is 0.576. The van der Waals surface area contributed by atoms with Crippen molar-refractivity contribution in [3.63, 3.8) is 0 Å². The second-order valence-corrected chi connectivity index (χ2v) is 7.93. The van der Waals surface area contributed by atoms with Crippen LogP contribution in [0.2, 0.25) is 5.15 Å². The molecule has 2 heterocycles. The lowest BCUT2D eigenvalue weighted by Gasteiger charge is -2.11. The molecule has 0 bridgehead atoms. The quantitative estimate of drug-likeness (QED) is 0.199. The second kappa shape index (κ2) is 5.16. The van der Waals surface area contributed by atoms with E-state index in [2.05, 4.69) is 60.7 Å². The number of benzene rings is 4. The summed E-state index contributed by atoms with van der Waals surface area (Å²) in [5.41, 5.74) is 0.942. The minimum atomic E-state index is 0.576. The predicted octanol–water partition coefficient (Wildman–Crippen LogP) is 7.56. The molecule has 3 heteroatoms. The SMILES string of the molecule is Clc1nc2ccccc2c2c1c1ccccc1c1sc3ccccc3c12. The highest BCUT2D eigenvalue weighted by Crippen LogP contribution is 2.47. The first kappa shape index (κ1) is 14.5. The summed E-state index contributed by atoms with van der Waals surface area (Å²) in [6.07, 6.45) is 0. The van der Waals surface area contributed by atoms with Gasteiger partial charge >= 0.3 is 0 Å². The summed E-state index contributed by atoms with van der Waals surface area (Å²) in [6, 6.07) is 25.4. The van der Waals surface area contributed by atoms with Gasteiger partial charge < -0.3 is 0 Å². The Labute approximate surface area is 158 Å². The topological polar surface area (TPSA) is 12.9 Å². The first-order chi connectivity index (χ1) is 12.8. The van der Waals surface area contributed by atoms with Crippen LogP contribution in [0.15, 0.2) is 72.8 Å². The van der Waals surface area contributed by atoms with Crippen molar-refractivity contribution in [1.82, 2.24) is 4.98 Å². The molecule has 6 rings (SSSR count). The number of hydrogen-bond acceptors (Lipinski definition) is 2. The molecule has 0 amide bonds. The molecule has 6 aromatic rings. The lowest BCUT2D eigenvalue weighted by atomic mass is 9.95. The van der Waals surface area contributed by atoms with Crippen LogP contribution in [0.5, 0.6) is 0 Å². The zero-order chi connectivity index (χ0) is 17.3. The van der Waals surface area contributed by atoms with Crippen LogP contribution >= 0.6 is 22.9 Å². The van der Waals surface area contributed by atoms with Crippen molar-refractivity contribution in [2.24, 2.45) is 0 Å². The van der Waals surface area contributed by atoms with Gasteiger partial charge in [-0.05, 0) is 17.5 Å². The molecule has 0 N–H and O–H groups in total. The number of pyridine rings is 1. The maximum atomic E-state index is 6.73. The van der Waals surface area contributed by atoms with E-state index < -0.39 is 0 Å². The first-order valence-electron chi connectivity index (χ1n) is 8.53. The fourth-order valence-corrected chi connectivity index (χ4v) is 5.61. The molecule has 26 heavy (non-hydrogen) atoms. The van der Waals surface area contributed by atoms with Crippen molar-refractivity contribution in [3.05, 3.63) is 77.9 Å². The van der Waals surface area contributed by atoms with E-state index in [0.717, 1.165) is 16.3 Å². The van der Waals surface area contributed by atoms with Crippen LogP contribution < -0.4 is 0 Å². The van der Waals surface area contributed by atoms with Gasteiger partial charge in [0, 0.05) is 41.7 Å². The van der Waals surface area contributed by atoms with Gasteiger partial charge in [0.15, 0.2) is 0 Å². The average Bonchev–Trinajstić information content (AvgIpc) is 3.07. The maximum absolute atomic E-state index is 6.73. The van der Waals surface area contributed by atoms with E-state index in [1.54, 1.807) is 0 Å². The Bertz CT molecular complexity index is 1500. The van der Waals surface area contributed by atoms with Crippen LogP contribution in [0.4, 0.5) is 0 Å². The maximum Gasteiger partial charge on any atom is 0.138 e. The number of halogens is 1.